The zero-order chi connectivity index (χ0) is 25.9. The fraction of sp³-hybridized carbons (Fsp3) is 0.800. The number of rotatable bonds is 22. The van der Waals surface area contributed by atoms with Crippen LogP contribution in [0.2, 0.25) is 0 Å². The molecule has 0 spiro atoms. The van der Waals surface area contributed by atoms with Crippen LogP contribution in [0.3, 0.4) is 0 Å². The summed E-state index contributed by atoms with van der Waals surface area (Å²) in [5.41, 5.74) is 1.02. The molecular weight excluding hydrogens is 490 g/mol. The Morgan fingerprint density at radius 3 is 1.03 bits per heavy atom. The molecule has 0 rings (SSSR count). The smallest absolute Gasteiger partial charge is 0.545 e. The number of allylic oxidation sites excluding steroid dienone is 2. The van der Waals surface area contributed by atoms with Crippen LogP contribution < -0.4 is 10.2 Å². The van der Waals surface area contributed by atoms with Crippen LogP contribution in [0.25, 0.3) is 0 Å². The molecule has 0 aromatic rings. The first-order valence-electron chi connectivity index (χ1n) is 14.2. The van der Waals surface area contributed by atoms with Gasteiger partial charge in [-0.25, -0.2) is 0 Å². The molecule has 0 atom stereocenters. The van der Waals surface area contributed by atoms with Gasteiger partial charge in [-0.3, -0.25) is 0 Å². The van der Waals surface area contributed by atoms with Gasteiger partial charge in [0.15, 0.2) is 0 Å². The van der Waals surface area contributed by atoms with Crippen molar-refractivity contribution in [3.8, 4) is 0 Å². The predicted octanol–water partition coefficient (Wildman–Crippen LogP) is 7.20. The van der Waals surface area contributed by atoms with Crippen molar-refractivity contribution in [3.63, 3.8) is 0 Å². The van der Waals surface area contributed by atoms with E-state index in [-0.39, 0.29) is 19.5 Å². The molecule has 0 aliphatic heterocycles. The summed E-state index contributed by atoms with van der Waals surface area (Å²) in [7, 11) is 0. The molecule has 5 heteroatoms. The molecule has 0 aromatic carbocycles. The number of carbonyl (C=O) groups excluding carboxylic acids is 2. The van der Waals surface area contributed by atoms with Gasteiger partial charge >= 0.3 is 19.5 Å². The molecule has 0 saturated heterocycles. The van der Waals surface area contributed by atoms with Crippen LogP contribution in [0.1, 0.15) is 156 Å². The van der Waals surface area contributed by atoms with Gasteiger partial charge in [-0.05, 0) is 62.5 Å². The molecular formula is C30H54O4Zn. The van der Waals surface area contributed by atoms with E-state index in [1.54, 1.807) is 0 Å². The third kappa shape index (κ3) is 29.2. The van der Waals surface area contributed by atoms with Crippen molar-refractivity contribution < 1.29 is 39.3 Å². The summed E-state index contributed by atoms with van der Waals surface area (Å²) in [4.78, 5) is 21.8. The van der Waals surface area contributed by atoms with E-state index in [1.165, 1.54) is 64.2 Å². The minimum atomic E-state index is -0.975. The Kier molecular flexibility index (Phi) is 34.2. The van der Waals surface area contributed by atoms with E-state index in [0.717, 1.165) is 51.4 Å². The average Bonchev–Trinajstić information content (AvgIpc) is 2.81. The molecule has 4 nitrogen and oxygen atoms in total. The minimum absolute atomic E-state index is 0. The summed E-state index contributed by atoms with van der Waals surface area (Å²) in [5, 5.41) is 21.8. The number of unbranched alkanes of at least 4 members (excludes halogenated alkanes) is 14. The zero-order valence-corrected chi connectivity index (χ0v) is 26.6. The van der Waals surface area contributed by atoms with E-state index in [0.29, 0.717) is 24.0 Å². The van der Waals surface area contributed by atoms with Crippen LogP contribution in [-0.4, -0.2) is 11.9 Å². The average molecular weight is 544 g/mol. The van der Waals surface area contributed by atoms with Crippen molar-refractivity contribution in [1.82, 2.24) is 0 Å². The fourth-order valence-corrected chi connectivity index (χ4v) is 3.75. The molecule has 0 amide bonds. The first-order valence-corrected chi connectivity index (χ1v) is 14.2. The summed E-state index contributed by atoms with van der Waals surface area (Å²) in [6.45, 7) is 8.67. The number of aliphatic carboxylic acids is 2. The topological polar surface area (TPSA) is 80.3 Å². The Labute approximate surface area is 230 Å². The maximum absolute atomic E-state index is 10.9. The summed E-state index contributed by atoms with van der Waals surface area (Å²) in [6.07, 6.45) is 25.3. The van der Waals surface area contributed by atoms with Crippen LogP contribution in [0.4, 0.5) is 0 Å². The van der Waals surface area contributed by atoms with Gasteiger partial charge in [-0.15, -0.1) is 0 Å². The zero-order valence-electron chi connectivity index (χ0n) is 23.6. The monoisotopic (exact) mass is 542 g/mol. The quantitative estimate of drug-likeness (QED) is 0.0821. The van der Waals surface area contributed by atoms with Gasteiger partial charge in [0.25, 0.3) is 0 Å². The van der Waals surface area contributed by atoms with Crippen molar-refractivity contribution in [2.24, 2.45) is 0 Å². The summed E-state index contributed by atoms with van der Waals surface area (Å²) >= 11 is 0. The molecule has 0 saturated carbocycles. The van der Waals surface area contributed by atoms with Crippen molar-refractivity contribution in [2.75, 3.05) is 0 Å². The summed E-state index contributed by atoms with van der Waals surface area (Å²) in [5.74, 6) is -1.95. The largest absolute Gasteiger partial charge is 2.00 e. The molecule has 200 valence electrons. The van der Waals surface area contributed by atoms with Crippen molar-refractivity contribution in [1.29, 1.82) is 0 Å². The summed E-state index contributed by atoms with van der Waals surface area (Å²) < 4.78 is 0. The number of carboxylic acids is 2. The van der Waals surface area contributed by atoms with Gasteiger partial charge < -0.3 is 19.8 Å². The second-order valence-corrected chi connectivity index (χ2v) is 9.35. The Bertz CT molecular complexity index is 492. The van der Waals surface area contributed by atoms with Crippen LogP contribution in [0, 0.1) is 0 Å². The van der Waals surface area contributed by atoms with Gasteiger partial charge in [-0.1, -0.05) is 117 Å². The fourth-order valence-electron chi connectivity index (χ4n) is 3.75. The maximum Gasteiger partial charge on any atom is 2.00 e. The van der Waals surface area contributed by atoms with Crippen LogP contribution >= 0.6 is 0 Å². The Morgan fingerprint density at radius 2 is 0.771 bits per heavy atom. The molecule has 0 N–H and O–H groups in total. The molecule has 0 bridgehead atoms. The first kappa shape index (κ1) is 38.6. The van der Waals surface area contributed by atoms with E-state index >= 15 is 0 Å². The van der Waals surface area contributed by atoms with Crippen LogP contribution in [0.5, 0.6) is 0 Å². The van der Waals surface area contributed by atoms with Crippen molar-refractivity contribution in [2.45, 2.75) is 156 Å². The SMILES string of the molecule is CCCCCC/C=C(/CCCCCC)C(=O)[O-].CCCCCC/C=C(/CCCCCC)C(=O)[O-].[Zn+2]. The Morgan fingerprint density at radius 1 is 0.486 bits per heavy atom. The van der Waals surface area contributed by atoms with Crippen molar-refractivity contribution >= 4 is 11.9 Å². The third-order valence-electron chi connectivity index (χ3n) is 6.02. The minimum Gasteiger partial charge on any atom is -0.545 e. The van der Waals surface area contributed by atoms with Gasteiger partial charge in [0.2, 0.25) is 0 Å². The Hall–Kier alpha value is -0.957. The molecule has 0 aliphatic carbocycles. The summed E-state index contributed by atoms with van der Waals surface area (Å²) in [6, 6.07) is 0. The predicted molar refractivity (Wildman–Crippen MR) is 141 cm³/mol. The second-order valence-electron chi connectivity index (χ2n) is 9.35. The first-order chi connectivity index (χ1) is 16.4. The normalized spacial score (nSPS) is 11.4. The van der Waals surface area contributed by atoms with Gasteiger partial charge in [0.05, 0.1) is 11.9 Å². The number of carboxylic acid groups (broad SMARTS) is 2. The van der Waals surface area contributed by atoms with Crippen molar-refractivity contribution in [3.05, 3.63) is 23.3 Å². The van der Waals surface area contributed by atoms with E-state index in [2.05, 4.69) is 27.7 Å². The van der Waals surface area contributed by atoms with Crippen LogP contribution in [-0.2, 0) is 29.1 Å². The standard InChI is InChI=1S/2C15H28O2.Zn/c2*1-3-5-7-9-11-13-14(15(16)17)12-10-8-6-4-2;/h2*13H,3-12H2,1-2H3,(H,16,17);/q;;+2/p-2/b2*14-13-;. The van der Waals surface area contributed by atoms with Gasteiger partial charge in [0, 0.05) is 0 Å². The van der Waals surface area contributed by atoms with Crippen LogP contribution in [0.15, 0.2) is 23.3 Å². The van der Waals surface area contributed by atoms with E-state index < -0.39 is 11.9 Å². The van der Waals surface area contributed by atoms with E-state index in [9.17, 15) is 19.8 Å². The maximum atomic E-state index is 10.9. The number of carbonyl (C=O) groups is 2. The van der Waals surface area contributed by atoms with E-state index in [4.69, 9.17) is 0 Å². The Balaban J connectivity index is -0.000000569. The molecule has 0 heterocycles. The van der Waals surface area contributed by atoms with Gasteiger partial charge in [0.1, 0.15) is 0 Å². The van der Waals surface area contributed by atoms with E-state index in [1.807, 2.05) is 12.2 Å². The molecule has 0 unspecified atom stereocenters. The molecule has 0 aromatic heterocycles. The molecule has 35 heavy (non-hydrogen) atoms. The number of hydrogen-bond acceptors (Lipinski definition) is 4. The van der Waals surface area contributed by atoms with Gasteiger partial charge in [-0.2, -0.15) is 0 Å². The molecule has 0 radical (unpaired) electrons. The molecule has 0 aliphatic rings. The second kappa shape index (κ2) is 31.1. The molecule has 0 fully saturated rings. The third-order valence-corrected chi connectivity index (χ3v) is 6.02. The number of hydrogen-bond donors (Lipinski definition) is 0.